The average Bonchev–Trinajstić information content (AvgIpc) is 3.54. The van der Waals surface area contributed by atoms with Gasteiger partial charge in [0.25, 0.3) is 5.91 Å². The zero-order valence-corrected chi connectivity index (χ0v) is 19.8. The van der Waals surface area contributed by atoms with E-state index in [0.29, 0.717) is 22.5 Å². The summed E-state index contributed by atoms with van der Waals surface area (Å²) in [5.74, 6) is -0.0612. The molecule has 0 atom stereocenters. The van der Waals surface area contributed by atoms with Gasteiger partial charge < -0.3 is 20.5 Å². The van der Waals surface area contributed by atoms with Gasteiger partial charge in [-0.05, 0) is 49.6 Å². The molecule has 1 fully saturated rings. The van der Waals surface area contributed by atoms with Gasteiger partial charge >= 0.3 is 6.18 Å². The normalized spacial score (nSPS) is 13.5. The predicted molar refractivity (Wildman–Crippen MR) is 131 cm³/mol. The molecule has 5 rings (SSSR count). The standard InChI is InChI=1S/C26H24F3N5O3/c1-15-12-16(6-9-18(15)25(36)32-17-7-8-17)20-14-31-24-19(30-11-10-26(27,28)29)13-23(33-34(20)24)37-22-5-3-2-4-21(22)35/h2-6,9,12-14,17,30,35H,7-8,10-11H2,1H3,(H,32,36). The van der Waals surface area contributed by atoms with Crippen LogP contribution < -0.4 is 15.4 Å². The van der Waals surface area contributed by atoms with Crippen molar-refractivity contribution in [2.75, 3.05) is 11.9 Å². The number of aryl methyl sites for hydroxylation is 1. The Morgan fingerprint density at radius 3 is 2.68 bits per heavy atom. The van der Waals surface area contributed by atoms with Gasteiger partial charge in [-0.1, -0.05) is 18.2 Å². The van der Waals surface area contributed by atoms with Gasteiger partial charge in [0.05, 0.1) is 24.0 Å². The largest absolute Gasteiger partial charge is 0.504 e. The summed E-state index contributed by atoms with van der Waals surface area (Å²) in [6.07, 6.45) is -1.83. The Balaban J connectivity index is 1.52. The molecule has 3 N–H and O–H groups in total. The molecule has 8 nitrogen and oxygen atoms in total. The number of hydrogen-bond acceptors (Lipinski definition) is 6. The van der Waals surface area contributed by atoms with E-state index in [1.54, 1.807) is 36.5 Å². The van der Waals surface area contributed by atoms with E-state index in [1.165, 1.54) is 16.6 Å². The lowest BCUT2D eigenvalue weighted by Gasteiger charge is -2.13. The molecule has 1 saturated carbocycles. The van der Waals surface area contributed by atoms with Crippen LogP contribution in [0.25, 0.3) is 16.9 Å². The monoisotopic (exact) mass is 511 g/mol. The van der Waals surface area contributed by atoms with Crippen LogP contribution in [0.1, 0.15) is 35.2 Å². The third-order valence-electron chi connectivity index (χ3n) is 5.93. The first kappa shape index (κ1) is 24.4. The lowest BCUT2D eigenvalue weighted by molar-refractivity contribution is -0.131. The number of halogens is 3. The molecule has 1 aliphatic rings. The van der Waals surface area contributed by atoms with Gasteiger partial charge in [-0.3, -0.25) is 4.79 Å². The number of para-hydroxylation sites is 2. The highest BCUT2D eigenvalue weighted by Gasteiger charge is 2.27. The maximum atomic E-state index is 12.8. The fourth-order valence-electron chi connectivity index (χ4n) is 3.89. The van der Waals surface area contributed by atoms with Crippen LogP contribution in [-0.4, -0.2) is 44.4 Å². The first-order valence-electron chi connectivity index (χ1n) is 11.7. The predicted octanol–water partition coefficient (Wildman–Crippen LogP) is 5.46. The molecule has 0 spiro atoms. The Hall–Kier alpha value is -4.28. The number of ether oxygens (including phenoxy) is 1. The summed E-state index contributed by atoms with van der Waals surface area (Å²) in [6.45, 7) is 1.46. The van der Waals surface area contributed by atoms with Crippen LogP contribution >= 0.6 is 0 Å². The molecule has 11 heteroatoms. The molecule has 37 heavy (non-hydrogen) atoms. The zero-order chi connectivity index (χ0) is 26.2. The van der Waals surface area contributed by atoms with Gasteiger partial charge in [0.2, 0.25) is 5.88 Å². The number of alkyl halides is 3. The Morgan fingerprint density at radius 2 is 1.97 bits per heavy atom. The van der Waals surface area contributed by atoms with Crippen molar-refractivity contribution < 1.29 is 27.8 Å². The summed E-state index contributed by atoms with van der Waals surface area (Å²) in [6, 6.07) is 13.3. The van der Waals surface area contributed by atoms with Gasteiger partial charge in [0.15, 0.2) is 17.1 Å². The number of carbonyl (C=O) groups excluding carboxylic acids is 1. The van der Waals surface area contributed by atoms with Crippen molar-refractivity contribution in [2.45, 2.75) is 38.4 Å². The first-order chi connectivity index (χ1) is 17.7. The van der Waals surface area contributed by atoms with Gasteiger partial charge in [0, 0.05) is 29.8 Å². The highest BCUT2D eigenvalue weighted by molar-refractivity contribution is 5.96. The molecule has 0 radical (unpaired) electrons. The van der Waals surface area contributed by atoms with E-state index in [1.807, 2.05) is 13.0 Å². The van der Waals surface area contributed by atoms with Crippen molar-refractivity contribution in [3.63, 3.8) is 0 Å². The maximum absolute atomic E-state index is 12.8. The van der Waals surface area contributed by atoms with Crippen LogP contribution in [0.3, 0.4) is 0 Å². The summed E-state index contributed by atoms with van der Waals surface area (Å²) < 4.78 is 45.5. The first-order valence-corrected chi connectivity index (χ1v) is 11.7. The quantitative estimate of drug-likeness (QED) is 0.291. The van der Waals surface area contributed by atoms with E-state index >= 15 is 0 Å². The van der Waals surface area contributed by atoms with E-state index in [9.17, 15) is 23.1 Å². The summed E-state index contributed by atoms with van der Waals surface area (Å²) in [7, 11) is 0. The second-order valence-electron chi connectivity index (χ2n) is 8.91. The Morgan fingerprint density at radius 1 is 1.19 bits per heavy atom. The van der Waals surface area contributed by atoms with Crippen LogP contribution in [0, 0.1) is 6.92 Å². The molecule has 0 aliphatic heterocycles. The Labute approximate surface area is 210 Å². The molecule has 4 aromatic rings. The topological polar surface area (TPSA) is 101 Å². The SMILES string of the molecule is Cc1cc(-c2cnc3c(NCCC(F)(F)F)cc(Oc4ccccc4O)nn23)ccc1C(=O)NC1CC1. The number of phenolic OH excluding ortho intramolecular Hbond substituents is 1. The number of hydrogen-bond donors (Lipinski definition) is 3. The number of amides is 1. The number of anilines is 1. The number of aromatic hydroxyl groups is 1. The van der Waals surface area contributed by atoms with E-state index in [0.717, 1.165) is 18.4 Å². The number of fused-ring (bicyclic) bond motifs is 1. The fourth-order valence-corrected chi connectivity index (χ4v) is 3.89. The van der Waals surface area contributed by atoms with Gasteiger partial charge in [0.1, 0.15) is 0 Å². The molecule has 1 aliphatic carbocycles. The van der Waals surface area contributed by atoms with Crippen molar-refractivity contribution >= 4 is 17.2 Å². The molecule has 2 aromatic heterocycles. The highest BCUT2D eigenvalue weighted by atomic mass is 19.4. The van der Waals surface area contributed by atoms with Gasteiger partial charge in [-0.15, -0.1) is 5.10 Å². The molecule has 0 saturated heterocycles. The van der Waals surface area contributed by atoms with Crippen molar-refractivity contribution in [3.8, 4) is 28.6 Å². The summed E-state index contributed by atoms with van der Waals surface area (Å²) in [4.78, 5) is 16.9. The van der Waals surface area contributed by atoms with Crippen LogP contribution in [0.2, 0.25) is 0 Å². The Kier molecular flexibility index (Phi) is 6.36. The number of benzene rings is 2. The average molecular weight is 512 g/mol. The van der Waals surface area contributed by atoms with E-state index in [4.69, 9.17) is 4.74 Å². The number of aromatic nitrogens is 3. The van der Waals surface area contributed by atoms with Crippen molar-refractivity contribution in [1.82, 2.24) is 19.9 Å². The highest BCUT2D eigenvalue weighted by Crippen LogP contribution is 2.33. The van der Waals surface area contributed by atoms with Crippen LogP contribution in [-0.2, 0) is 0 Å². The lowest BCUT2D eigenvalue weighted by atomic mass is 10.0. The lowest BCUT2D eigenvalue weighted by Crippen LogP contribution is -2.26. The second-order valence-corrected chi connectivity index (χ2v) is 8.91. The van der Waals surface area contributed by atoms with Crippen molar-refractivity contribution in [1.29, 1.82) is 0 Å². The second kappa shape index (κ2) is 9.64. The number of carbonyl (C=O) groups is 1. The number of rotatable bonds is 8. The number of nitrogens with zero attached hydrogens (tertiary/aromatic N) is 3. The summed E-state index contributed by atoms with van der Waals surface area (Å²) in [5.41, 5.74) is 3.17. The third kappa shape index (κ3) is 5.60. The van der Waals surface area contributed by atoms with Crippen molar-refractivity contribution in [2.24, 2.45) is 0 Å². The minimum Gasteiger partial charge on any atom is -0.504 e. The number of nitrogens with one attached hydrogen (secondary N) is 2. The molecule has 192 valence electrons. The maximum Gasteiger partial charge on any atom is 0.390 e. The molecule has 2 aromatic carbocycles. The third-order valence-corrected chi connectivity index (χ3v) is 5.93. The molecule has 0 bridgehead atoms. The van der Waals surface area contributed by atoms with Crippen molar-refractivity contribution in [3.05, 3.63) is 65.9 Å². The summed E-state index contributed by atoms with van der Waals surface area (Å²) >= 11 is 0. The van der Waals surface area contributed by atoms with E-state index in [2.05, 4.69) is 20.7 Å². The molecule has 0 unspecified atom stereocenters. The van der Waals surface area contributed by atoms with E-state index in [-0.39, 0.29) is 41.6 Å². The molecule has 1 amide bonds. The summed E-state index contributed by atoms with van der Waals surface area (Å²) in [5, 5.41) is 20.3. The fraction of sp³-hybridized carbons (Fsp3) is 0.269. The van der Waals surface area contributed by atoms with Gasteiger partial charge in [-0.25, -0.2) is 9.50 Å². The van der Waals surface area contributed by atoms with Crippen LogP contribution in [0.5, 0.6) is 17.4 Å². The molecular formula is C26H24F3N5O3. The number of phenols is 1. The van der Waals surface area contributed by atoms with Crippen LogP contribution in [0.15, 0.2) is 54.7 Å². The zero-order valence-electron chi connectivity index (χ0n) is 19.8. The molecule has 2 heterocycles. The Bertz CT molecular complexity index is 1460. The number of imidazole rings is 1. The van der Waals surface area contributed by atoms with Gasteiger partial charge in [-0.2, -0.15) is 13.2 Å². The minimum absolute atomic E-state index is 0.0416. The molecular weight excluding hydrogens is 487 g/mol. The smallest absolute Gasteiger partial charge is 0.390 e. The van der Waals surface area contributed by atoms with E-state index < -0.39 is 12.6 Å². The van der Waals surface area contributed by atoms with Crippen LogP contribution in [0.4, 0.5) is 18.9 Å². The minimum atomic E-state index is -4.32.